The first-order chi connectivity index (χ1) is 14.2. The van der Waals surface area contributed by atoms with Crippen LogP contribution < -0.4 is 5.63 Å². The van der Waals surface area contributed by atoms with Gasteiger partial charge in [0.1, 0.15) is 0 Å². The van der Waals surface area contributed by atoms with Crippen LogP contribution in [0.1, 0.15) is 12.5 Å². The summed E-state index contributed by atoms with van der Waals surface area (Å²) in [6, 6.07) is 26.2. The molecule has 0 aliphatic rings. The van der Waals surface area contributed by atoms with Gasteiger partial charge in [0.25, 0.3) is 0 Å². The number of rotatable bonds is 3. The molecule has 3 aromatic carbocycles. The first-order valence-electron chi connectivity index (χ1n) is 9.90. The minimum absolute atomic E-state index is 0.308. The predicted molar refractivity (Wildman–Crippen MR) is 119 cm³/mol. The fourth-order valence-electron chi connectivity index (χ4n) is 4.35. The molecule has 2 heterocycles. The molecule has 0 saturated carbocycles. The smallest absolute Gasteiger partial charge is 0.346 e. The standard InChI is InChI=1S/C26H21NO2/c1-3-27-24-17(2)11-10-16-20(24)23-21(18-12-6-4-7-13-18)22(26(28)29-25(23)27)19-14-8-5-9-15-19/h4-16H,3H2,1-2H3. The molecular weight excluding hydrogens is 358 g/mol. The van der Waals surface area contributed by atoms with Crippen LogP contribution in [-0.4, -0.2) is 4.57 Å². The van der Waals surface area contributed by atoms with Crippen LogP contribution >= 0.6 is 0 Å². The molecular formula is C26H21NO2. The van der Waals surface area contributed by atoms with Gasteiger partial charge in [0.05, 0.1) is 16.5 Å². The van der Waals surface area contributed by atoms with Crippen molar-refractivity contribution in [2.24, 2.45) is 0 Å². The third-order valence-electron chi connectivity index (χ3n) is 5.57. The zero-order chi connectivity index (χ0) is 20.0. The van der Waals surface area contributed by atoms with E-state index in [1.165, 1.54) is 5.56 Å². The highest BCUT2D eigenvalue weighted by molar-refractivity contribution is 6.16. The Labute approximate surface area is 168 Å². The Kier molecular flexibility index (Phi) is 4.09. The van der Waals surface area contributed by atoms with Gasteiger partial charge in [-0.2, -0.15) is 0 Å². The van der Waals surface area contributed by atoms with Crippen molar-refractivity contribution in [1.29, 1.82) is 0 Å². The van der Waals surface area contributed by atoms with E-state index in [4.69, 9.17) is 4.42 Å². The van der Waals surface area contributed by atoms with Gasteiger partial charge in [-0.1, -0.05) is 78.9 Å². The van der Waals surface area contributed by atoms with Crippen molar-refractivity contribution in [2.45, 2.75) is 20.4 Å². The Morgan fingerprint density at radius 2 is 1.41 bits per heavy atom. The maximum absolute atomic E-state index is 13.3. The average Bonchev–Trinajstić information content (AvgIpc) is 3.08. The number of aromatic nitrogens is 1. The maximum Gasteiger partial charge on any atom is 0.346 e. The number of hydrogen-bond donors (Lipinski definition) is 0. The molecule has 142 valence electrons. The van der Waals surface area contributed by atoms with E-state index in [-0.39, 0.29) is 5.63 Å². The molecule has 0 atom stereocenters. The molecule has 0 spiro atoms. The molecule has 3 heteroatoms. The Balaban J connectivity index is 2.08. The molecule has 5 rings (SSSR count). The van der Waals surface area contributed by atoms with E-state index in [9.17, 15) is 4.79 Å². The molecule has 0 bridgehead atoms. The molecule has 0 saturated heterocycles. The van der Waals surface area contributed by atoms with Crippen molar-refractivity contribution < 1.29 is 4.42 Å². The van der Waals surface area contributed by atoms with Crippen molar-refractivity contribution in [3.63, 3.8) is 0 Å². The molecule has 0 radical (unpaired) electrons. The number of fused-ring (bicyclic) bond motifs is 3. The summed E-state index contributed by atoms with van der Waals surface area (Å²) in [7, 11) is 0. The second kappa shape index (κ2) is 6.78. The molecule has 5 aromatic rings. The van der Waals surface area contributed by atoms with Gasteiger partial charge in [0.15, 0.2) is 0 Å². The van der Waals surface area contributed by atoms with E-state index in [1.807, 2.05) is 48.5 Å². The number of nitrogens with zero attached hydrogens (tertiary/aromatic N) is 1. The van der Waals surface area contributed by atoms with Crippen LogP contribution in [0.25, 0.3) is 44.3 Å². The first-order valence-corrected chi connectivity index (χ1v) is 9.90. The van der Waals surface area contributed by atoms with Gasteiger partial charge in [0.2, 0.25) is 5.71 Å². The van der Waals surface area contributed by atoms with Gasteiger partial charge >= 0.3 is 5.63 Å². The number of hydrogen-bond acceptors (Lipinski definition) is 2. The summed E-state index contributed by atoms with van der Waals surface area (Å²) in [5.74, 6) is 0. The Morgan fingerprint density at radius 1 is 0.793 bits per heavy atom. The van der Waals surface area contributed by atoms with Crippen LogP contribution in [0.3, 0.4) is 0 Å². The van der Waals surface area contributed by atoms with E-state index < -0.39 is 0 Å². The van der Waals surface area contributed by atoms with E-state index in [2.05, 4.69) is 48.7 Å². The lowest BCUT2D eigenvalue weighted by Crippen LogP contribution is -2.07. The third-order valence-corrected chi connectivity index (χ3v) is 5.57. The summed E-state index contributed by atoms with van der Waals surface area (Å²) >= 11 is 0. The fraction of sp³-hybridized carbons (Fsp3) is 0.115. The Morgan fingerprint density at radius 3 is 2.03 bits per heavy atom. The van der Waals surface area contributed by atoms with Gasteiger partial charge in [-0.15, -0.1) is 0 Å². The summed E-state index contributed by atoms with van der Waals surface area (Å²) in [5.41, 5.74) is 6.05. The zero-order valence-electron chi connectivity index (χ0n) is 16.5. The normalized spacial score (nSPS) is 11.4. The van der Waals surface area contributed by atoms with E-state index in [1.54, 1.807) is 0 Å². The van der Waals surface area contributed by atoms with Crippen molar-refractivity contribution >= 4 is 22.0 Å². The molecule has 3 nitrogen and oxygen atoms in total. The first kappa shape index (κ1) is 17.5. The van der Waals surface area contributed by atoms with Crippen LogP contribution in [0, 0.1) is 6.92 Å². The van der Waals surface area contributed by atoms with Crippen LogP contribution in [-0.2, 0) is 6.54 Å². The molecule has 0 amide bonds. The molecule has 29 heavy (non-hydrogen) atoms. The molecule has 0 unspecified atom stereocenters. The van der Waals surface area contributed by atoms with Crippen LogP contribution in [0.5, 0.6) is 0 Å². The van der Waals surface area contributed by atoms with E-state index in [0.29, 0.717) is 11.3 Å². The van der Waals surface area contributed by atoms with Gasteiger partial charge in [0, 0.05) is 17.5 Å². The van der Waals surface area contributed by atoms with Crippen LogP contribution in [0.4, 0.5) is 0 Å². The highest BCUT2D eigenvalue weighted by Crippen LogP contribution is 2.41. The van der Waals surface area contributed by atoms with Gasteiger partial charge in [-0.3, -0.25) is 0 Å². The van der Waals surface area contributed by atoms with Crippen molar-refractivity contribution in [1.82, 2.24) is 4.57 Å². The summed E-state index contributed by atoms with van der Waals surface area (Å²) in [4.78, 5) is 13.3. The molecule has 0 aliphatic carbocycles. The topological polar surface area (TPSA) is 35.1 Å². The van der Waals surface area contributed by atoms with Crippen molar-refractivity contribution in [3.8, 4) is 22.3 Å². The second-order valence-electron chi connectivity index (χ2n) is 7.27. The number of para-hydroxylation sites is 1. The number of benzene rings is 3. The predicted octanol–water partition coefficient (Wildman–Crippen LogP) is 6.41. The highest BCUT2D eigenvalue weighted by Gasteiger charge is 2.23. The minimum atomic E-state index is -0.308. The molecule has 0 N–H and O–H groups in total. The van der Waals surface area contributed by atoms with E-state index in [0.717, 1.165) is 39.5 Å². The summed E-state index contributed by atoms with van der Waals surface area (Å²) in [6.07, 6.45) is 0. The summed E-state index contributed by atoms with van der Waals surface area (Å²) in [6.45, 7) is 4.91. The van der Waals surface area contributed by atoms with Crippen LogP contribution in [0.15, 0.2) is 88.1 Å². The lowest BCUT2D eigenvalue weighted by Gasteiger charge is -2.11. The number of aryl methyl sites for hydroxylation is 2. The lowest BCUT2D eigenvalue weighted by atomic mass is 9.93. The SMILES string of the molecule is CCn1c2oc(=O)c(-c3ccccc3)c(-c3ccccc3)c2c2cccc(C)c21. The van der Waals surface area contributed by atoms with Gasteiger partial charge < -0.3 is 8.98 Å². The average molecular weight is 379 g/mol. The third kappa shape index (κ3) is 2.62. The second-order valence-corrected chi connectivity index (χ2v) is 7.27. The largest absolute Gasteiger partial charge is 0.405 e. The van der Waals surface area contributed by atoms with E-state index >= 15 is 0 Å². The fourth-order valence-corrected chi connectivity index (χ4v) is 4.35. The van der Waals surface area contributed by atoms with Gasteiger partial charge in [-0.25, -0.2) is 4.79 Å². The summed E-state index contributed by atoms with van der Waals surface area (Å²) in [5, 5.41) is 2.11. The maximum atomic E-state index is 13.3. The zero-order valence-corrected chi connectivity index (χ0v) is 16.5. The highest BCUT2D eigenvalue weighted by atomic mass is 16.4. The van der Waals surface area contributed by atoms with Crippen molar-refractivity contribution in [2.75, 3.05) is 0 Å². The molecule has 0 aliphatic heterocycles. The minimum Gasteiger partial charge on any atom is -0.405 e. The van der Waals surface area contributed by atoms with Crippen molar-refractivity contribution in [3.05, 3.63) is 94.8 Å². The molecule has 2 aromatic heterocycles. The monoisotopic (exact) mass is 379 g/mol. The molecule has 0 fully saturated rings. The Bertz CT molecular complexity index is 1390. The van der Waals surface area contributed by atoms with Crippen LogP contribution in [0.2, 0.25) is 0 Å². The van der Waals surface area contributed by atoms with Gasteiger partial charge in [-0.05, 0) is 30.5 Å². The summed E-state index contributed by atoms with van der Waals surface area (Å²) < 4.78 is 8.09. The lowest BCUT2D eigenvalue weighted by molar-refractivity contribution is 0.531. The Hall–Kier alpha value is -3.59. The quantitative estimate of drug-likeness (QED) is 0.363.